The van der Waals surface area contributed by atoms with Gasteiger partial charge >= 0.3 is 0 Å². The van der Waals surface area contributed by atoms with E-state index < -0.39 is 0 Å². The molecule has 0 aliphatic carbocycles. The van der Waals surface area contributed by atoms with Crippen LogP contribution in [0.4, 0.5) is 0 Å². The van der Waals surface area contributed by atoms with Gasteiger partial charge in [-0.15, -0.1) is 6.58 Å². The van der Waals surface area contributed by atoms with Gasteiger partial charge in [0.2, 0.25) is 0 Å². The number of nitrogens with two attached hydrogens (primary N) is 1. The summed E-state index contributed by atoms with van der Waals surface area (Å²) in [6, 6.07) is 5.84. The van der Waals surface area contributed by atoms with E-state index in [2.05, 4.69) is 27.9 Å². The maximum atomic E-state index is 5.97. The minimum Gasteiger partial charge on any atom is -0.271 e. The zero-order valence-electron chi connectivity index (χ0n) is 7.63. The molecule has 0 radical (unpaired) electrons. The maximum Gasteiger partial charge on any atom is 0.0551 e. The van der Waals surface area contributed by atoms with Gasteiger partial charge in [-0.2, -0.15) is 0 Å². The number of hydrazine groups is 1. The molecule has 14 heavy (non-hydrogen) atoms. The molecule has 76 valence electrons. The molecule has 0 saturated carbocycles. The monoisotopic (exact) mass is 274 g/mol. The van der Waals surface area contributed by atoms with Gasteiger partial charge in [-0.25, -0.2) is 0 Å². The molecule has 0 aromatic heterocycles. The molecule has 0 saturated heterocycles. The van der Waals surface area contributed by atoms with E-state index in [4.69, 9.17) is 17.4 Å². The summed E-state index contributed by atoms with van der Waals surface area (Å²) in [5.74, 6) is 5.43. The van der Waals surface area contributed by atoms with E-state index in [9.17, 15) is 0 Å². The summed E-state index contributed by atoms with van der Waals surface area (Å²) in [7, 11) is 0. The van der Waals surface area contributed by atoms with Gasteiger partial charge in [0.25, 0.3) is 0 Å². The molecule has 0 bridgehead atoms. The summed E-state index contributed by atoms with van der Waals surface area (Å²) in [4.78, 5) is 0. The second kappa shape index (κ2) is 5.51. The van der Waals surface area contributed by atoms with Crippen molar-refractivity contribution in [1.29, 1.82) is 0 Å². The van der Waals surface area contributed by atoms with Gasteiger partial charge in [-0.3, -0.25) is 11.3 Å². The SMILES string of the molecule is C=CCC(NN)c1ccc(Br)c(Cl)c1. The first-order chi connectivity index (χ1) is 6.69. The predicted molar refractivity (Wildman–Crippen MR) is 64.0 cm³/mol. The Morgan fingerprint density at radius 1 is 1.64 bits per heavy atom. The average Bonchev–Trinajstić information content (AvgIpc) is 2.19. The van der Waals surface area contributed by atoms with Crippen molar-refractivity contribution in [1.82, 2.24) is 5.43 Å². The third-order valence-electron chi connectivity index (χ3n) is 1.95. The molecular formula is C10H12BrClN2. The zero-order chi connectivity index (χ0) is 10.6. The Labute approximate surface area is 97.2 Å². The van der Waals surface area contributed by atoms with Crippen molar-refractivity contribution in [3.8, 4) is 0 Å². The Bertz CT molecular complexity index is 328. The van der Waals surface area contributed by atoms with E-state index in [0.29, 0.717) is 5.02 Å². The summed E-state index contributed by atoms with van der Waals surface area (Å²) in [5, 5.41) is 0.687. The van der Waals surface area contributed by atoms with E-state index in [1.165, 1.54) is 0 Å². The minimum atomic E-state index is 0.0677. The molecule has 0 spiro atoms. The lowest BCUT2D eigenvalue weighted by Gasteiger charge is -2.14. The molecule has 0 heterocycles. The van der Waals surface area contributed by atoms with Crippen LogP contribution in [0.15, 0.2) is 35.3 Å². The molecule has 1 rings (SSSR count). The van der Waals surface area contributed by atoms with Crippen LogP contribution in [-0.2, 0) is 0 Å². The first-order valence-electron chi connectivity index (χ1n) is 4.21. The Balaban J connectivity index is 2.93. The maximum absolute atomic E-state index is 5.97. The Morgan fingerprint density at radius 2 is 2.36 bits per heavy atom. The first-order valence-corrected chi connectivity index (χ1v) is 5.38. The van der Waals surface area contributed by atoms with Crippen LogP contribution in [0.5, 0.6) is 0 Å². The molecule has 4 heteroatoms. The van der Waals surface area contributed by atoms with Gasteiger partial charge in [-0.1, -0.05) is 23.7 Å². The molecule has 2 nitrogen and oxygen atoms in total. The van der Waals surface area contributed by atoms with Gasteiger partial charge < -0.3 is 0 Å². The average molecular weight is 276 g/mol. The molecule has 0 fully saturated rings. The second-order valence-corrected chi connectivity index (χ2v) is 4.18. The lowest BCUT2D eigenvalue weighted by Crippen LogP contribution is -2.27. The first kappa shape index (κ1) is 11.7. The van der Waals surface area contributed by atoms with E-state index in [1.807, 2.05) is 24.3 Å². The van der Waals surface area contributed by atoms with Crippen molar-refractivity contribution >= 4 is 27.5 Å². The van der Waals surface area contributed by atoms with Gasteiger partial charge in [0.15, 0.2) is 0 Å². The number of halogens is 2. The van der Waals surface area contributed by atoms with Crippen LogP contribution in [0.25, 0.3) is 0 Å². The Hall–Kier alpha value is -0.350. The number of nitrogens with one attached hydrogen (secondary N) is 1. The smallest absolute Gasteiger partial charge is 0.0551 e. The summed E-state index contributed by atoms with van der Waals surface area (Å²) in [5.41, 5.74) is 3.78. The molecule has 3 N–H and O–H groups in total. The fourth-order valence-electron chi connectivity index (χ4n) is 1.20. The molecule has 0 aliphatic heterocycles. The van der Waals surface area contributed by atoms with Crippen molar-refractivity contribution in [2.75, 3.05) is 0 Å². The van der Waals surface area contributed by atoms with E-state index in [-0.39, 0.29) is 6.04 Å². The lowest BCUT2D eigenvalue weighted by atomic mass is 10.0. The van der Waals surface area contributed by atoms with Crippen molar-refractivity contribution in [3.05, 3.63) is 45.9 Å². The van der Waals surface area contributed by atoms with Gasteiger partial charge in [-0.05, 0) is 40.0 Å². The number of rotatable bonds is 4. The molecule has 0 aliphatic rings. The highest BCUT2D eigenvalue weighted by molar-refractivity contribution is 9.10. The highest BCUT2D eigenvalue weighted by Crippen LogP contribution is 2.26. The van der Waals surface area contributed by atoms with Crippen molar-refractivity contribution in [2.24, 2.45) is 5.84 Å². The van der Waals surface area contributed by atoms with Gasteiger partial charge in [0, 0.05) is 10.5 Å². The fourth-order valence-corrected chi connectivity index (χ4v) is 1.63. The van der Waals surface area contributed by atoms with Crippen LogP contribution >= 0.6 is 27.5 Å². The number of benzene rings is 1. The molecule has 1 atom stereocenters. The van der Waals surface area contributed by atoms with Crippen LogP contribution in [0.1, 0.15) is 18.0 Å². The van der Waals surface area contributed by atoms with E-state index >= 15 is 0 Å². The Kier molecular flexibility index (Phi) is 4.62. The van der Waals surface area contributed by atoms with Gasteiger partial charge in [0.1, 0.15) is 0 Å². The van der Waals surface area contributed by atoms with Crippen LogP contribution < -0.4 is 11.3 Å². The molecule has 1 unspecified atom stereocenters. The predicted octanol–water partition coefficient (Wildman–Crippen LogP) is 3.18. The van der Waals surface area contributed by atoms with Crippen molar-refractivity contribution in [3.63, 3.8) is 0 Å². The highest BCUT2D eigenvalue weighted by atomic mass is 79.9. The van der Waals surface area contributed by atoms with E-state index in [0.717, 1.165) is 16.5 Å². The minimum absolute atomic E-state index is 0.0677. The number of hydrogen-bond acceptors (Lipinski definition) is 2. The van der Waals surface area contributed by atoms with Gasteiger partial charge in [0.05, 0.1) is 5.02 Å². The zero-order valence-corrected chi connectivity index (χ0v) is 9.98. The quantitative estimate of drug-likeness (QED) is 0.503. The van der Waals surface area contributed by atoms with Crippen LogP contribution in [0, 0.1) is 0 Å². The third kappa shape index (κ3) is 2.82. The summed E-state index contributed by atoms with van der Waals surface area (Å²) < 4.78 is 0.886. The topological polar surface area (TPSA) is 38.0 Å². The second-order valence-electron chi connectivity index (χ2n) is 2.92. The van der Waals surface area contributed by atoms with Crippen molar-refractivity contribution < 1.29 is 0 Å². The summed E-state index contributed by atoms with van der Waals surface area (Å²) >= 11 is 9.31. The van der Waals surface area contributed by atoms with Crippen molar-refractivity contribution in [2.45, 2.75) is 12.5 Å². The summed E-state index contributed by atoms with van der Waals surface area (Å²) in [6.45, 7) is 3.68. The molecule has 1 aromatic carbocycles. The molecular weight excluding hydrogens is 263 g/mol. The molecule has 1 aromatic rings. The fraction of sp³-hybridized carbons (Fsp3) is 0.200. The van der Waals surface area contributed by atoms with Crippen LogP contribution in [0.3, 0.4) is 0 Å². The lowest BCUT2D eigenvalue weighted by molar-refractivity contribution is 0.561. The molecule has 0 amide bonds. The van der Waals surface area contributed by atoms with Crippen LogP contribution in [0.2, 0.25) is 5.02 Å². The normalized spacial score (nSPS) is 12.5. The largest absolute Gasteiger partial charge is 0.271 e. The number of hydrogen-bond donors (Lipinski definition) is 2. The summed E-state index contributed by atoms with van der Waals surface area (Å²) in [6.07, 6.45) is 2.59. The van der Waals surface area contributed by atoms with Crippen LogP contribution in [-0.4, -0.2) is 0 Å². The third-order valence-corrected chi connectivity index (χ3v) is 3.18. The van der Waals surface area contributed by atoms with E-state index in [1.54, 1.807) is 0 Å². The highest BCUT2D eigenvalue weighted by Gasteiger charge is 2.08. The Morgan fingerprint density at radius 3 is 2.86 bits per heavy atom. The standard InChI is InChI=1S/C10H12BrClN2/c1-2-3-10(14-13)7-4-5-8(11)9(12)6-7/h2,4-6,10,14H,1,3,13H2.